The van der Waals surface area contributed by atoms with E-state index in [9.17, 15) is 9.59 Å². The molecule has 0 spiro atoms. The Hall–Kier alpha value is -1.30. The summed E-state index contributed by atoms with van der Waals surface area (Å²) in [4.78, 5) is 26.5. The van der Waals surface area contributed by atoms with Gasteiger partial charge in [0.1, 0.15) is 0 Å². The van der Waals surface area contributed by atoms with Crippen LogP contribution in [0.2, 0.25) is 13.3 Å². The molecule has 1 aliphatic rings. The predicted molar refractivity (Wildman–Crippen MR) is 125 cm³/mol. The van der Waals surface area contributed by atoms with Crippen LogP contribution in [0, 0.1) is 5.41 Å². The van der Waals surface area contributed by atoms with Crippen molar-refractivity contribution < 1.29 is 19.1 Å². The van der Waals surface area contributed by atoms with E-state index in [1.54, 1.807) is 0 Å². The van der Waals surface area contributed by atoms with E-state index in [2.05, 4.69) is 20.8 Å². The van der Waals surface area contributed by atoms with E-state index in [-0.39, 0.29) is 0 Å². The molecule has 5 heteroatoms. The Morgan fingerprint density at radius 2 is 1.23 bits per heavy atom. The molecule has 0 N–H and O–H groups in total. The topological polar surface area (TPSA) is 52.6 Å². The molecule has 0 saturated carbocycles. The summed E-state index contributed by atoms with van der Waals surface area (Å²) in [6.07, 6.45) is 6.88. The summed E-state index contributed by atoms with van der Waals surface area (Å²) < 4.78 is 15.2. The summed E-state index contributed by atoms with van der Waals surface area (Å²) in [6.45, 7) is 6.68. The van der Waals surface area contributed by atoms with Gasteiger partial charge in [-0.15, -0.1) is 0 Å². The van der Waals surface area contributed by atoms with E-state index >= 15 is 0 Å². The van der Waals surface area contributed by atoms with Gasteiger partial charge in [-0.05, 0) is 0 Å². The maximum atomic E-state index is 13.2. The van der Waals surface area contributed by atoms with Crippen LogP contribution in [0.5, 0.6) is 0 Å². The van der Waals surface area contributed by atoms with Crippen LogP contribution < -0.4 is 0 Å². The van der Waals surface area contributed by atoms with Crippen LogP contribution in [0.1, 0.15) is 64.9 Å². The van der Waals surface area contributed by atoms with Gasteiger partial charge in [-0.1, -0.05) is 0 Å². The van der Waals surface area contributed by atoms with E-state index < -0.39 is 35.7 Å². The third-order valence-corrected chi connectivity index (χ3v) is 22.6. The van der Waals surface area contributed by atoms with Crippen molar-refractivity contribution in [1.82, 2.24) is 0 Å². The number of benzene rings is 1. The number of ether oxygens (including phenoxy) is 2. The molecule has 0 saturated heterocycles. The van der Waals surface area contributed by atoms with Gasteiger partial charge in [0.15, 0.2) is 0 Å². The normalized spacial score (nSPS) is 15.1. The van der Waals surface area contributed by atoms with Gasteiger partial charge >= 0.3 is 187 Å². The van der Waals surface area contributed by atoms with Crippen molar-refractivity contribution in [3.05, 3.63) is 39.5 Å². The van der Waals surface area contributed by atoms with Crippen LogP contribution >= 0.6 is 0 Å². The fourth-order valence-electron chi connectivity index (χ4n) is 5.00. The Kier molecular flexibility index (Phi) is 9.45. The van der Waals surface area contributed by atoms with E-state index in [0.717, 1.165) is 53.3 Å². The van der Waals surface area contributed by atoms with Crippen LogP contribution in [0.3, 0.4) is 0 Å². The summed E-state index contributed by atoms with van der Waals surface area (Å²) in [5, 5.41) is 0. The average Bonchev–Trinajstić information content (AvgIpc) is 3.50. The van der Waals surface area contributed by atoms with Crippen molar-refractivity contribution >= 4 is 35.9 Å². The zero-order valence-corrected chi connectivity index (χ0v) is 22.2. The molecule has 0 amide bonds. The summed E-state index contributed by atoms with van der Waals surface area (Å²) in [7, 11) is 2.76. The van der Waals surface area contributed by atoms with Crippen molar-refractivity contribution in [3.8, 4) is 0 Å². The van der Waals surface area contributed by atoms with E-state index in [0.29, 0.717) is 0 Å². The molecule has 30 heavy (non-hydrogen) atoms. The first-order valence-electron chi connectivity index (χ1n) is 11.5. The van der Waals surface area contributed by atoms with Crippen LogP contribution in [0.4, 0.5) is 0 Å². The summed E-state index contributed by atoms with van der Waals surface area (Å²) >= 11 is -3.06. The zero-order valence-electron chi connectivity index (χ0n) is 19.4. The summed E-state index contributed by atoms with van der Waals surface area (Å²) in [5.41, 5.74) is 0.561. The molecule has 0 aliphatic heterocycles. The van der Waals surface area contributed by atoms with Gasteiger partial charge in [-0.25, -0.2) is 0 Å². The number of unbranched alkanes of at least 4 members (excludes halogenated alkanes) is 3. The molecule has 0 heterocycles. The van der Waals surface area contributed by atoms with Crippen LogP contribution in [-0.4, -0.2) is 44.5 Å². The fraction of sp³-hybridized carbons (Fsp3) is 0.600. The van der Waals surface area contributed by atoms with Crippen LogP contribution in [-0.2, 0) is 19.1 Å². The number of esters is 2. The molecule has 4 nitrogen and oxygen atoms in total. The van der Waals surface area contributed by atoms with Gasteiger partial charge in [0.25, 0.3) is 0 Å². The molecule has 1 aliphatic carbocycles. The van der Waals surface area contributed by atoms with E-state index in [1.807, 2.05) is 30.3 Å². The number of hydrogen-bond donors (Lipinski definition) is 0. The van der Waals surface area contributed by atoms with Gasteiger partial charge in [-0.2, -0.15) is 0 Å². The Labute approximate surface area is 186 Å². The van der Waals surface area contributed by atoms with Crippen LogP contribution in [0.25, 0.3) is 5.57 Å². The second-order valence-corrected chi connectivity index (χ2v) is 21.5. The van der Waals surface area contributed by atoms with Crippen molar-refractivity contribution in [2.24, 2.45) is 5.41 Å². The van der Waals surface area contributed by atoms with Crippen molar-refractivity contribution in [1.29, 1.82) is 0 Å². The first-order valence-corrected chi connectivity index (χ1v) is 19.0. The zero-order chi connectivity index (χ0) is 22.2. The number of carbonyl (C=O) groups is 2. The molecule has 0 aromatic heterocycles. The molecular weight excluding hydrogens is 483 g/mol. The SMILES string of the molecule is CCC[CH2][Sn]([CH2]CCC)([CH2]CCC)[C]1=C(c2ccccc2)C1(C(=O)OC)C(=O)OC. The standard InChI is InChI=1S/C13H11O4.3C4H9.Sn/c1-16-11(14)13(12(15)17-2)8-10(13)9-6-4-3-5-7-9;3*1-3-4-2;/h3-7H,1-2H3;3*1,3-4H2,2H3;. The maximum absolute atomic E-state index is 13.2. The molecule has 1 aromatic rings. The molecule has 2 rings (SSSR count). The molecule has 0 radical (unpaired) electrons. The minimum atomic E-state index is -3.06. The third kappa shape index (κ3) is 4.63. The Balaban J connectivity index is 2.73. The van der Waals surface area contributed by atoms with Crippen molar-refractivity contribution in [3.63, 3.8) is 0 Å². The molecule has 1 aromatic carbocycles. The Morgan fingerprint density at radius 3 is 1.60 bits per heavy atom. The Bertz CT molecular complexity index is 716. The summed E-state index contributed by atoms with van der Waals surface area (Å²) in [5.74, 6) is -0.928. The van der Waals surface area contributed by atoms with E-state index in [4.69, 9.17) is 9.47 Å². The molecule has 0 unspecified atom stereocenters. The number of methoxy groups -OCH3 is 2. The number of rotatable bonds is 13. The monoisotopic (exact) mass is 522 g/mol. The second-order valence-electron chi connectivity index (χ2n) is 8.44. The van der Waals surface area contributed by atoms with Crippen LogP contribution in [0.15, 0.2) is 33.9 Å². The third-order valence-electron chi connectivity index (χ3n) is 6.54. The number of hydrogen-bond acceptors (Lipinski definition) is 4. The summed E-state index contributed by atoms with van der Waals surface area (Å²) in [6, 6.07) is 9.93. The predicted octanol–water partition coefficient (Wildman–Crippen LogP) is 6.17. The Morgan fingerprint density at radius 1 is 0.800 bits per heavy atom. The molecule has 0 bridgehead atoms. The second kappa shape index (κ2) is 11.4. The average molecular weight is 521 g/mol. The quantitative estimate of drug-likeness (QED) is 0.177. The van der Waals surface area contributed by atoms with Gasteiger partial charge < -0.3 is 0 Å². The van der Waals surface area contributed by atoms with Crippen molar-refractivity contribution in [2.75, 3.05) is 14.2 Å². The van der Waals surface area contributed by atoms with Gasteiger partial charge in [0.2, 0.25) is 0 Å². The number of carbonyl (C=O) groups excluding carboxylic acids is 2. The molecular formula is C25H38O4Sn. The molecule has 0 atom stereocenters. The van der Waals surface area contributed by atoms with Gasteiger partial charge in [0.05, 0.1) is 0 Å². The van der Waals surface area contributed by atoms with Crippen molar-refractivity contribution in [2.45, 2.75) is 72.6 Å². The van der Waals surface area contributed by atoms with Gasteiger partial charge in [-0.3, -0.25) is 0 Å². The first kappa shape index (κ1) is 25.0. The first-order chi connectivity index (χ1) is 14.5. The fourth-order valence-corrected chi connectivity index (χ4v) is 23.6. The minimum absolute atomic E-state index is 0.464. The van der Waals surface area contributed by atoms with Gasteiger partial charge in [0, 0.05) is 0 Å². The molecule has 0 fully saturated rings. The molecule has 166 valence electrons. The van der Waals surface area contributed by atoms with E-state index in [1.165, 1.54) is 27.5 Å².